The molecule has 32 heavy (non-hydrogen) atoms. The lowest BCUT2D eigenvalue weighted by Crippen LogP contribution is -2.24. The van der Waals surface area contributed by atoms with Gasteiger partial charge in [-0.05, 0) is 25.0 Å². The molecule has 4 aromatic rings. The van der Waals surface area contributed by atoms with Gasteiger partial charge >= 0.3 is 0 Å². The first kappa shape index (κ1) is 20.1. The molecule has 2 N–H and O–H groups in total. The number of hydrogen-bond donors (Lipinski definition) is 2. The van der Waals surface area contributed by atoms with E-state index in [0.29, 0.717) is 16.6 Å². The molecule has 162 valence electrons. The normalized spacial score (nSPS) is 16.5. The smallest absolute Gasteiger partial charge is 0.277 e. The first-order chi connectivity index (χ1) is 15.6. The molecule has 3 heterocycles. The highest BCUT2D eigenvalue weighted by Gasteiger charge is 2.27. The van der Waals surface area contributed by atoms with Crippen LogP contribution in [0.25, 0.3) is 10.8 Å². The number of amides is 1. The highest BCUT2D eigenvalue weighted by atomic mass is 16.2. The number of aromatic nitrogens is 4. The second kappa shape index (κ2) is 8.39. The summed E-state index contributed by atoms with van der Waals surface area (Å²) in [4.78, 5) is 27.6. The van der Waals surface area contributed by atoms with Crippen LogP contribution in [0.5, 0.6) is 0 Å². The summed E-state index contributed by atoms with van der Waals surface area (Å²) < 4.78 is 1.91. The van der Waals surface area contributed by atoms with Crippen LogP contribution in [-0.2, 0) is 6.54 Å². The number of nitrogens with one attached hydrogen (secondary N) is 2. The van der Waals surface area contributed by atoms with Crippen molar-refractivity contribution in [1.82, 2.24) is 24.9 Å². The summed E-state index contributed by atoms with van der Waals surface area (Å²) in [6.45, 7) is 4.65. The topological polar surface area (TPSA) is 95.9 Å². The van der Waals surface area contributed by atoms with Crippen LogP contribution in [-0.4, -0.2) is 43.9 Å². The monoisotopic (exact) mass is 428 g/mol. The van der Waals surface area contributed by atoms with Crippen molar-refractivity contribution in [2.75, 3.05) is 18.4 Å². The van der Waals surface area contributed by atoms with E-state index in [2.05, 4.69) is 49.8 Å². The summed E-state index contributed by atoms with van der Waals surface area (Å²) in [5.41, 5.74) is 2.04. The van der Waals surface area contributed by atoms with Crippen molar-refractivity contribution in [3.8, 4) is 0 Å². The molecule has 2 aromatic carbocycles. The van der Waals surface area contributed by atoms with Gasteiger partial charge in [0, 0.05) is 30.6 Å². The fraction of sp³-hybridized carbons (Fsp3) is 0.250. The molecule has 8 heteroatoms. The van der Waals surface area contributed by atoms with E-state index in [1.165, 1.54) is 5.56 Å². The number of rotatable bonds is 5. The van der Waals surface area contributed by atoms with E-state index in [1.54, 1.807) is 30.5 Å². The van der Waals surface area contributed by atoms with Crippen molar-refractivity contribution in [2.24, 2.45) is 0 Å². The number of carbonyl (C=O) groups is 1. The number of aryl methyl sites for hydroxylation is 1. The average Bonchev–Trinajstić information content (AvgIpc) is 3.41. The first-order valence-electron chi connectivity index (χ1n) is 10.7. The molecule has 1 amide bonds. The maximum atomic E-state index is 13.1. The van der Waals surface area contributed by atoms with Crippen LogP contribution in [0.15, 0.2) is 65.6 Å². The third-order valence-corrected chi connectivity index (χ3v) is 5.96. The fourth-order valence-corrected chi connectivity index (χ4v) is 4.33. The van der Waals surface area contributed by atoms with E-state index in [9.17, 15) is 9.59 Å². The summed E-state index contributed by atoms with van der Waals surface area (Å²) >= 11 is 0. The van der Waals surface area contributed by atoms with Crippen LogP contribution >= 0.6 is 0 Å². The number of likely N-dealkylation sites (tertiary alicyclic amines) is 1. The van der Waals surface area contributed by atoms with Crippen LogP contribution in [0.1, 0.15) is 34.1 Å². The summed E-state index contributed by atoms with van der Waals surface area (Å²) in [6.07, 6.45) is 2.73. The minimum absolute atomic E-state index is 0.169. The zero-order chi connectivity index (χ0) is 22.1. The van der Waals surface area contributed by atoms with Gasteiger partial charge in [-0.3, -0.25) is 14.5 Å². The van der Waals surface area contributed by atoms with Crippen LogP contribution in [0.2, 0.25) is 0 Å². The Morgan fingerprint density at radius 3 is 2.69 bits per heavy atom. The minimum Gasteiger partial charge on any atom is -0.305 e. The second-order valence-corrected chi connectivity index (χ2v) is 8.19. The molecule has 0 spiro atoms. The van der Waals surface area contributed by atoms with Gasteiger partial charge in [0.05, 0.1) is 17.6 Å². The fourth-order valence-electron chi connectivity index (χ4n) is 4.33. The molecular formula is C24H24N6O2. The predicted octanol–water partition coefficient (Wildman–Crippen LogP) is 3.13. The van der Waals surface area contributed by atoms with Gasteiger partial charge in [-0.25, -0.2) is 9.78 Å². The Morgan fingerprint density at radius 1 is 1.12 bits per heavy atom. The molecule has 0 saturated carbocycles. The molecule has 0 aliphatic carbocycles. The minimum atomic E-state index is -0.374. The Bertz CT molecular complexity index is 1330. The summed E-state index contributed by atoms with van der Waals surface area (Å²) in [5, 5.41) is 14.9. The molecule has 1 fully saturated rings. The third kappa shape index (κ3) is 3.80. The Morgan fingerprint density at radius 2 is 1.88 bits per heavy atom. The Kier molecular flexibility index (Phi) is 5.28. The zero-order valence-corrected chi connectivity index (χ0v) is 17.8. The van der Waals surface area contributed by atoms with Crippen LogP contribution < -0.4 is 10.9 Å². The van der Waals surface area contributed by atoms with Gasteiger partial charge in [-0.15, -0.1) is 0 Å². The molecule has 1 atom stereocenters. The highest BCUT2D eigenvalue weighted by molar-refractivity contribution is 6.10. The molecule has 1 unspecified atom stereocenters. The SMILES string of the molecule is Cc1cnn(C2CCN(Cc3ccccc3)C2)c1NC(=O)c1n[nH]c(=O)c2ccccc12. The molecule has 2 aromatic heterocycles. The van der Waals surface area contributed by atoms with Gasteiger partial charge in [-0.1, -0.05) is 48.5 Å². The second-order valence-electron chi connectivity index (χ2n) is 8.19. The van der Waals surface area contributed by atoms with Gasteiger partial charge in [0.1, 0.15) is 5.82 Å². The van der Waals surface area contributed by atoms with Crippen molar-refractivity contribution in [3.05, 3.63) is 88.0 Å². The number of hydrogen-bond acceptors (Lipinski definition) is 5. The van der Waals surface area contributed by atoms with Crippen molar-refractivity contribution in [3.63, 3.8) is 0 Å². The summed E-state index contributed by atoms with van der Waals surface area (Å²) in [6, 6.07) is 17.5. The summed E-state index contributed by atoms with van der Waals surface area (Å²) in [7, 11) is 0. The van der Waals surface area contributed by atoms with Crippen molar-refractivity contribution >= 4 is 22.5 Å². The molecule has 8 nitrogen and oxygen atoms in total. The van der Waals surface area contributed by atoms with E-state index in [1.807, 2.05) is 17.7 Å². The average molecular weight is 428 g/mol. The molecule has 1 aliphatic heterocycles. The quantitative estimate of drug-likeness (QED) is 0.509. The van der Waals surface area contributed by atoms with Crippen molar-refractivity contribution in [2.45, 2.75) is 25.9 Å². The van der Waals surface area contributed by atoms with Gasteiger partial charge < -0.3 is 5.32 Å². The van der Waals surface area contributed by atoms with Crippen LogP contribution in [0.4, 0.5) is 5.82 Å². The summed E-state index contributed by atoms with van der Waals surface area (Å²) in [5.74, 6) is 0.292. The molecule has 5 rings (SSSR count). The first-order valence-corrected chi connectivity index (χ1v) is 10.7. The lowest BCUT2D eigenvalue weighted by Gasteiger charge is -2.18. The Balaban J connectivity index is 1.37. The number of anilines is 1. The lowest BCUT2D eigenvalue weighted by atomic mass is 10.1. The number of aromatic amines is 1. The van der Waals surface area contributed by atoms with Gasteiger partial charge in [0.25, 0.3) is 11.5 Å². The van der Waals surface area contributed by atoms with E-state index < -0.39 is 0 Å². The number of H-pyrrole nitrogens is 1. The van der Waals surface area contributed by atoms with Crippen molar-refractivity contribution in [1.29, 1.82) is 0 Å². The van der Waals surface area contributed by atoms with E-state index in [-0.39, 0.29) is 23.2 Å². The highest BCUT2D eigenvalue weighted by Crippen LogP contribution is 2.28. The van der Waals surface area contributed by atoms with E-state index in [0.717, 1.165) is 31.6 Å². The number of fused-ring (bicyclic) bond motifs is 1. The van der Waals surface area contributed by atoms with Crippen molar-refractivity contribution < 1.29 is 4.79 Å². The maximum absolute atomic E-state index is 13.1. The van der Waals surface area contributed by atoms with Crippen LogP contribution in [0.3, 0.4) is 0 Å². The van der Waals surface area contributed by atoms with E-state index >= 15 is 0 Å². The number of benzene rings is 2. The number of nitrogens with zero attached hydrogens (tertiary/aromatic N) is 4. The van der Waals surface area contributed by atoms with Gasteiger partial charge in [0.15, 0.2) is 5.69 Å². The standard InChI is InChI=1S/C24H24N6O2/c1-16-13-25-30(18-11-12-29(15-18)14-17-7-3-2-4-8-17)22(16)26-24(32)21-19-9-5-6-10-20(19)23(31)28-27-21/h2-10,13,18H,11-12,14-15H2,1H3,(H,26,32)(H,28,31). The lowest BCUT2D eigenvalue weighted by molar-refractivity contribution is 0.102. The van der Waals surface area contributed by atoms with Gasteiger partial charge in [-0.2, -0.15) is 10.2 Å². The van der Waals surface area contributed by atoms with Crippen LogP contribution in [0, 0.1) is 6.92 Å². The Hall–Kier alpha value is -3.78. The molecular weight excluding hydrogens is 404 g/mol. The molecule has 0 bridgehead atoms. The molecule has 1 aliphatic rings. The predicted molar refractivity (Wildman–Crippen MR) is 123 cm³/mol. The largest absolute Gasteiger partial charge is 0.305 e. The van der Waals surface area contributed by atoms with E-state index in [4.69, 9.17) is 0 Å². The number of carbonyl (C=O) groups excluding carboxylic acids is 1. The van der Waals surface area contributed by atoms with Gasteiger partial charge in [0.2, 0.25) is 0 Å². The third-order valence-electron chi connectivity index (χ3n) is 5.96. The Labute approximate surface area is 184 Å². The molecule has 0 radical (unpaired) electrons. The zero-order valence-electron chi connectivity index (χ0n) is 17.8. The molecule has 1 saturated heterocycles. The maximum Gasteiger partial charge on any atom is 0.277 e.